The second kappa shape index (κ2) is 17.3. The Labute approximate surface area is 353 Å². The molecule has 0 aliphatic heterocycles. The second-order valence-electron chi connectivity index (χ2n) is 17.7. The number of aryl methyl sites for hydroxylation is 2. The number of nitrogens with zero attached hydrogens (tertiary/aromatic N) is 2. The van der Waals surface area contributed by atoms with Crippen molar-refractivity contribution >= 4 is 43.6 Å². The molecule has 6 aromatic carbocycles. The monoisotopic (exact) mass is 777 g/mol. The van der Waals surface area contributed by atoms with Crippen LogP contribution < -0.4 is 0 Å². The standard InChI is InChI=1S/C57H64N2/c1-5-9-11-13-15-17-23-41-29-33-43(34-30-41)58-53-27-21-19-25-45(53)49-37-51-47(39-55(49)58)48-40-56-50(38-52(48)57(51,7-3)8-4)46-26-20-22-28-54(46)59(56)44-35-31-42(32-36-44)24-18-16-14-12-10-6-2/h19-22,25-40H,5-18,23-24H2,1-4H3. The van der Waals surface area contributed by atoms with Crippen LogP contribution in [0.2, 0.25) is 0 Å². The van der Waals surface area contributed by atoms with Crippen LogP contribution in [0.1, 0.15) is 140 Å². The Morgan fingerprint density at radius 2 is 0.763 bits per heavy atom. The number of aromatic nitrogens is 2. The SMILES string of the molecule is CCCCCCCCc1ccc(-n2c3ccccc3c3cc4c(cc32)-c2cc3c(cc2C4(CC)CC)c2ccccc2n3-c2ccc(CCCCCCCC)cc2)cc1. The van der Waals surface area contributed by atoms with Crippen LogP contribution in [0.5, 0.6) is 0 Å². The molecular formula is C57H64N2. The highest BCUT2D eigenvalue weighted by Gasteiger charge is 2.42. The highest BCUT2D eigenvalue weighted by atomic mass is 15.0. The molecule has 2 aromatic heterocycles. The molecule has 302 valence electrons. The van der Waals surface area contributed by atoms with Gasteiger partial charge in [-0.2, -0.15) is 0 Å². The van der Waals surface area contributed by atoms with Gasteiger partial charge in [-0.1, -0.05) is 153 Å². The maximum atomic E-state index is 2.59. The van der Waals surface area contributed by atoms with Gasteiger partial charge in [-0.15, -0.1) is 0 Å². The number of fused-ring (bicyclic) bond motifs is 9. The second-order valence-corrected chi connectivity index (χ2v) is 17.7. The number of para-hydroxylation sites is 2. The van der Waals surface area contributed by atoms with Crippen molar-refractivity contribution in [3.05, 3.63) is 144 Å². The lowest BCUT2D eigenvalue weighted by Crippen LogP contribution is -2.23. The molecule has 59 heavy (non-hydrogen) atoms. The lowest BCUT2D eigenvalue weighted by Gasteiger charge is -2.30. The Hall–Kier alpha value is -5.08. The van der Waals surface area contributed by atoms with Gasteiger partial charge in [0.15, 0.2) is 0 Å². The minimum Gasteiger partial charge on any atom is -0.309 e. The number of benzene rings is 6. The zero-order valence-electron chi connectivity index (χ0n) is 36.3. The number of hydrogen-bond donors (Lipinski definition) is 0. The summed E-state index contributed by atoms with van der Waals surface area (Å²) in [5, 5.41) is 5.38. The van der Waals surface area contributed by atoms with Crippen molar-refractivity contribution in [1.82, 2.24) is 9.13 Å². The fourth-order valence-electron chi connectivity index (χ4n) is 10.8. The Morgan fingerprint density at radius 1 is 0.373 bits per heavy atom. The molecule has 0 N–H and O–H groups in total. The Kier molecular flexibility index (Phi) is 11.5. The number of unbranched alkanes of at least 4 members (excludes halogenated alkanes) is 10. The van der Waals surface area contributed by atoms with E-state index >= 15 is 0 Å². The summed E-state index contributed by atoms with van der Waals surface area (Å²) in [6, 6.07) is 47.3. The molecule has 9 rings (SSSR count). The minimum atomic E-state index is -0.0458. The molecule has 0 saturated heterocycles. The average Bonchev–Trinajstić information content (AvgIpc) is 3.88. The first-order chi connectivity index (χ1) is 29.1. The Balaban J connectivity index is 1.14. The van der Waals surface area contributed by atoms with Crippen molar-refractivity contribution in [2.75, 3.05) is 0 Å². The van der Waals surface area contributed by atoms with E-state index in [0.29, 0.717) is 0 Å². The first-order valence-corrected chi connectivity index (χ1v) is 23.4. The van der Waals surface area contributed by atoms with E-state index in [1.807, 2.05) is 0 Å². The molecule has 0 atom stereocenters. The van der Waals surface area contributed by atoms with Crippen LogP contribution >= 0.6 is 0 Å². The van der Waals surface area contributed by atoms with Crippen LogP contribution in [-0.4, -0.2) is 9.13 Å². The van der Waals surface area contributed by atoms with E-state index in [9.17, 15) is 0 Å². The van der Waals surface area contributed by atoms with Gasteiger partial charge < -0.3 is 9.13 Å². The Bertz CT molecular complexity index is 2510. The average molecular weight is 777 g/mol. The van der Waals surface area contributed by atoms with E-state index in [4.69, 9.17) is 0 Å². The molecule has 2 heteroatoms. The highest BCUT2D eigenvalue weighted by Crippen LogP contribution is 2.56. The molecule has 0 saturated carbocycles. The van der Waals surface area contributed by atoms with E-state index in [2.05, 4.69) is 158 Å². The summed E-state index contributed by atoms with van der Waals surface area (Å²) in [5.74, 6) is 0. The van der Waals surface area contributed by atoms with Gasteiger partial charge in [-0.25, -0.2) is 0 Å². The molecule has 1 aliphatic carbocycles. The van der Waals surface area contributed by atoms with Crippen LogP contribution in [0.3, 0.4) is 0 Å². The molecule has 2 nitrogen and oxygen atoms in total. The maximum Gasteiger partial charge on any atom is 0.0547 e. The fraction of sp³-hybridized carbons (Fsp3) is 0.368. The highest BCUT2D eigenvalue weighted by molar-refractivity contribution is 6.14. The van der Waals surface area contributed by atoms with Crippen molar-refractivity contribution in [2.24, 2.45) is 0 Å². The van der Waals surface area contributed by atoms with Crippen LogP contribution in [0.4, 0.5) is 0 Å². The van der Waals surface area contributed by atoms with Crippen molar-refractivity contribution < 1.29 is 0 Å². The van der Waals surface area contributed by atoms with Gasteiger partial charge in [0.05, 0.1) is 22.1 Å². The predicted octanol–water partition coefficient (Wildman–Crippen LogP) is 16.8. The van der Waals surface area contributed by atoms with Crippen LogP contribution in [0.15, 0.2) is 121 Å². The molecule has 0 unspecified atom stereocenters. The molecule has 0 amide bonds. The number of hydrogen-bond acceptors (Lipinski definition) is 0. The van der Waals surface area contributed by atoms with Crippen LogP contribution in [0.25, 0.3) is 66.1 Å². The van der Waals surface area contributed by atoms with E-state index in [1.54, 1.807) is 0 Å². The lowest BCUT2D eigenvalue weighted by molar-refractivity contribution is 0.491. The summed E-state index contributed by atoms with van der Waals surface area (Å²) in [5.41, 5.74) is 16.3. The summed E-state index contributed by atoms with van der Waals surface area (Å²) >= 11 is 0. The molecule has 0 fully saturated rings. The summed E-state index contributed by atoms with van der Waals surface area (Å²) < 4.78 is 5.05. The molecule has 2 heterocycles. The van der Waals surface area contributed by atoms with E-state index in [1.165, 1.54) is 165 Å². The summed E-state index contributed by atoms with van der Waals surface area (Å²) in [4.78, 5) is 0. The van der Waals surface area contributed by atoms with E-state index < -0.39 is 0 Å². The van der Waals surface area contributed by atoms with Gasteiger partial charge in [-0.05, 0) is 133 Å². The van der Waals surface area contributed by atoms with Gasteiger partial charge >= 0.3 is 0 Å². The summed E-state index contributed by atoms with van der Waals surface area (Å²) in [7, 11) is 0. The van der Waals surface area contributed by atoms with Gasteiger partial charge in [0.2, 0.25) is 0 Å². The largest absolute Gasteiger partial charge is 0.309 e. The third kappa shape index (κ3) is 7.11. The lowest BCUT2D eigenvalue weighted by atomic mass is 9.73. The zero-order valence-corrected chi connectivity index (χ0v) is 36.3. The van der Waals surface area contributed by atoms with Crippen molar-refractivity contribution in [1.29, 1.82) is 0 Å². The first kappa shape index (κ1) is 39.4. The molecule has 0 spiro atoms. The van der Waals surface area contributed by atoms with Crippen LogP contribution in [-0.2, 0) is 18.3 Å². The quantitative estimate of drug-likeness (QED) is 0.0768. The van der Waals surface area contributed by atoms with E-state index in [-0.39, 0.29) is 5.41 Å². The molecular weight excluding hydrogens is 713 g/mol. The van der Waals surface area contributed by atoms with Gasteiger partial charge in [0.1, 0.15) is 0 Å². The molecule has 0 bridgehead atoms. The van der Waals surface area contributed by atoms with Crippen molar-refractivity contribution in [2.45, 2.75) is 136 Å². The fourth-order valence-corrected chi connectivity index (χ4v) is 10.8. The third-order valence-corrected chi connectivity index (χ3v) is 14.2. The molecule has 0 radical (unpaired) electrons. The molecule has 1 aliphatic rings. The molecule has 8 aromatic rings. The third-order valence-electron chi connectivity index (χ3n) is 14.2. The van der Waals surface area contributed by atoms with Gasteiger partial charge in [0.25, 0.3) is 0 Å². The topological polar surface area (TPSA) is 9.86 Å². The summed E-state index contributed by atoms with van der Waals surface area (Å²) in [6.07, 6.45) is 20.5. The normalized spacial score (nSPS) is 13.3. The summed E-state index contributed by atoms with van der Waals surface area (Å²) in [6.45, 7) is 9.40. The smallest absolute Gasteiger partial charge is 0.0547 e. The van der Waals surface area contributed by atoms with Crippen molar-refractivity contribution in [3.63, 3.8) is 0 Å². The minimum absolute atomic E-state index is 0.0458. The Morgan fingerprint density at radius 3 is 1.17 bits per heavy atom. The van der Waals surface area contributed by atoms with Crippen LogP contribution in [0, 0.1) is 0 Å². The maximum absolute atomic E-state index is 2.59. The predicted molar refractivity (Wildman–Crippen MR) is 256 cm³/mol. The first-order valence-electron chi connectivity index (χ1n) is 23.4. The zero-order chi connectivity index (χ0) is 40.3. The number of rotatable bonds is 18. The van der Waals surface area contributed by atoms with Crippen molar-refractivity contribution in [3.8, 4) is 22.5 Å². The van der Waals surface area contributed by atoms with Gasteiger partial charge in [0, 0.05) is 38.3 Å². The van der Waals surface area contributed by atoms with E-state index in [0.717, 1.165) is 25.7 Å². The van der Waals surface area contributed by atoms with Gasteiger partial charge in [-0.3, -0.25) is 0 Å².